The number of hydrogen-bond donors (Lipinski definition) is 2. The Morgan fingerprint density at radius 3 is 3.05 bits per heavy atom. The van der Waals surface area contributed by atoms with E-state index in [4.69, 9.17) is 0 Å². The largest absolute Gasteiger partial charge is 0.325 e. The molecule has 1 amide bonds. The summed E-state index contributed by atoms with van der Waals surface area (Å²) in [5.74, 6) is 2.47. The van der Waals surface area contributed by atoms with Crippen molar-refractivity contribution in [1.29, 1.82) is 0 Å². The molecule has 1 aliphatic rings. The van der Waals surface area contributed by atoms with Crippen molar-refractivity contribution in [2.24, 2.45) is 5.92 Å². The molecule has 2 rings (SSSR count). The second kappa shape index (κ2) is 8.32. The smallest absolute Gasteiger partial charge is 0.234 e. The third-order valence-electron chi connectivity index (χ3n) is 3.66. The molecule has 0 aliphatic carbocycles. The Kier molecular flexibility index (Phi) is 6.40. The number of carbonyl (C=O) groups is 1. The van der Waals surface area contributed by atoms with Crippen molar-refractivity contribution in [1.82, 2.24) is 5.32 Å². The van der Waals surface area contributed by atoms with Gasteiger partial charge in [-0.2, -0.15) is 11.8 Å². The lowest BCUT2D eigenvalue weighted by Crippen LogP contribution is -2.31. The molecule has 1 aliphatic heterocycles. The summed E-state index contributed by atoms with van der Waals surface area (Å²) in [6, 6.07) is 8.03. The van der Waals surface area contributed by atoms with Crippen LogP contribution in [-0.2, 0) is 11.2 Å². The molecule has 1 atom stereocenters. The van der Waals surface area contributed by atoms with E-state index in [-0.39, 0.29) is 5.91 Å². The standard InChI is InChI=1S/C16H24N2OS/c1-2-14-7-3-4-8-15(14)18-16(19)12-20-11-13-6-5-9-17-10-13/h3-4,7-8,13,17H,2,5-6,9-12H2,1H3,(H,18,19). The van der Waals surface area contributed by atoms with Crippen molar-refractivity contribution in [2.75, 3.05) is 29.9 Å². The van der Waals surface area contributed by atoms with Crippen LogP contribution < -0.4 is 10.6 Å². The molecule has 1 unspecified atom stereocenters. The summed E-state index contributed by atoms with van der Waals surface area (Å²) in [6.07, 6.45) is 3.50. The molecule has 2 N–H and O–H groups in total. The van der Waals surface area contributed by atoms with Crippen molar-refractivity contribution in [3.05, 3.63) is 29.8 Å². The van der Waals surface area contributed by atoms with Crippen molar-refractivity contribution in [3.63, 3.8) is 0 Å². The topological polar surface area (TPSA) is 41.1 Å². The van der Waals surface area contributed by atoms with E-state index in [1.807, 2.05) is 18.2 Å². The minimum absolute atomic E-state index is 0.111. The van der Waals surface area contributed by atoms with Crippen molar-refractivity contribution < 1.29 is 4.79 Å². The quantitative estimate of drug-likeness (QED) is 0.847. The number of nitrogens with one attached hydrogen (secondary N) is 2. The fourth-order valence-electron chi connectivity index (χ4n) is 2.52. The number of rotatable bonds is 6. The van der Waals surface area contributed by atoms with E-state index in [9.17, 15) is 4.79 Å². The first-order valence-corrected chi connectivity index (χ1v) is 8.61. The van der Waals surface area contributed by atoms with Gasteiger partial charge in [0.2, 0.25) is 5.91 Å². The Labute approximate surface area is 125 Å². The van der Waals surface area contributed by atoms with Gasteiger partial charge in [0.15, 0.2) is 0 Å². The van der Waals surface area contributed by atoms with Gasteiger partial charge >= 0.3 is 0 Å². The highest BCUT2D eigenvalue weighted by atomic mass is 32.2. The number of hydrogen-bond acceptors (Lipinski definition) is 3. The Hall–Kier alpha value is -1.000. The van der Waals surface area contributed by atoms with Gasteiger partial charge in [0, 0.05) is 5.69 Å². The highest BCUT2D eigenvalue weighted by Crippen LogP contribution is 2.18. The van der Waals surface area contributed by atoms with Crippen LogP contribution >= 0.6 is 11.8 Å². The van der Waals surface area contributed by atoms with Gasteiger partial charge in [0.05, 0.1) is 5.75 Å². The van der Waals surface area contributed by atoms with E-state index in [0.29, 0.717) is 5.75 Å². The molecule has 0 spiro atoms. The number of thioether (sulfide) groups is 1. The van der Waals surface area contributed by atoms with E-state index < -0.39 is 0 Å². The average molecular weight is 292 g/mol. The molecular weight excluding hydrogens is 268 g/mol. The van der Waals surface area contributed by atoms with Crippen LogP contribution in [0.25, 0.3) is 0 Å². The predicted octanol–water partition coefficient (Wildman–Crippen LogP) is 2.92. The van der Waals surface area contributed by atoms with Crippen LogP contribution in [0.5, 0.6) is 0 Å². The van der Waals surface area contributed by atoms with Crippen molar-refractivity contribution >= 4 is 23.4 Å². The molecule has 1 aromatic rings. The molecule has 0 saturated carbocycles. The molecule has 4 heteroatoms. The molecule has 1 saturated heterocycles. The van der Waals surface area contributed by atoms with Gasteiger partial charge in [0.1, 0.15) is 0 Å². The second-order valence-corrected chi connectivity index (χ2v) is 6.32. The lowest BCUT2D eigenvalue weighted by Gasteiger charge is -2.22. The molecule has 3 nitrogen and oxygen atoms in total. The molecule has 110 valence electrons. The van der Waals surface area contributed by atoms with Gasteiger partial charge in [-0.25, -0.2) is 0 Å². The molecule has 1 aromatic carbocycles. The summed E-state index contributed by atoms with van der Waals surface area (Å²) in [6.45, 7) is 4.36. The summed E-state index contributed by atoms with van der Waals surface area (Å²) >= 11 is 1.75. The molecule has 1 fully saturated rings. The van der Waals surface area contributed by atoms with E-state index in [0.717, 1.165) is 36.9 Å². The van der Waals surface area contributed by atoms with Gasteiger partial charge in [-0.05, 0) is 55.7 Å². The Bertz CT molecular complexity index is 430. The summed E-state index contributed by atoms with van der Waals surface area (Å²) in [5, 5.41) is 6.44. The third-order valence-corrected chi connectivity index (χ3v) is 4.83. The van der Waals surface area contributed by atoms with Gasteiger partial charge in [0.25, 0.3) is 0 Å². The maximum atomic E-state index is 12.0. The number of anilines is 1. The van der Waals surface area contributed by atoms with E-state index in [2.05, 4.69) is 23.6 Å². The van der Waals surface area contributed by atoms with Crippen LogP contribution in [0.2, 0.25) is 0 Å². The molecule has 20 heavy (non-hydrogen) atoms. The number of para-hydroxylation sites is 1. The molecule has 0 aromatic heterocycles. The number of amides is 1. The monoisotopic (exact) mass is 292 g/mol. The average Bonchev–Trinajstić information content (AvgIpc) is 2.49. The first-order valence-electron chi connectivity index (χ1n) is 7.45. The number of piperidine rings is 1. The number of carbonyl (C=O) groups excluding carboxylic acids is 1. The van der Waals surface area contributed by atoms with Crippen LogP contribution in [0.4, 0.5) is 5.69 Å². The third kappa shape index (κ3) is 4.84. The van der Waals surface area contributed by atoms with Crippen LogP contribution in [0.3, 0.4) is 0 Å². The second-order valence-electron chi connectivity index (χ2n) is 5.29. The van der Waals surface area contributed by atoms with Gasteiger partial charge < -0.3 is 10.6 Å². The Morgan fingerprint density at radius 1 is 1.45 bits per heavy atom. The SMILES string of the molecule is CCc1ccccc1NC(=O)CSCC1CCCNC1. The van der Waals surface area contributed by atoms with Gasteiger partial charge in [-0.1, -0.05) is 25.1 Å². The van der Waals surface area contributed by atoms with E-state index >= 15 is 0 Å². The fourth-order valence-corrected chi connectivity index (χ4v) is 3.51. The van der Waals surface area contributed by atoms with Crippen molar-refractivity contribution in [2.45, 2.75) is 26.2 Å². The minimum Gasteiger partial charge on any atom is -0.325 e. The molecular formula is C16H24N2OS. The predicted molar refractivity (Wildman–Crippen MR) is 87.4 cm³/mol. The zero-order chi connectivity index (χ0) is 14.2. The first kappa shape index (κ1) is 15.4. The van der Waals surface area contributed by atoms with Crippen LogP contribution in [0.1, 0.15) is 25.3 Å². The van der Waals surface area contributed by atoms with Gasteiger partial charge in [-0.3, -0.25) is 4.79 Å². The van der Waals surface area contributed by atoms with Crippen LogP contribution in [0, 0.1) is 5.92 Å². The minimum atomic E-state index is 0.111. The first-order chi connectivity index (χ1) is 9.79. The summed E-state index contributed by atoms with van der Waals surface area (Å²) in [4.78, 5) is 12.0. The highest BCUT2D eigenvalue weighted by Gasteiger charge is 2.13. The zero-order valence-electron chi connectivity index (χ0n) is 12.2. The molecule has 0 radical (unpaired) electrons. The summed E-state index contributed by atoms with van der Waals surface area (Å²) in [5.41, 5.74) is 2.15. The maximum Gasteiger partial charge on any atom is 0.234 e. The Balaban J connectivity index is 1.72. The number of benzene rings is 1. The van der Waals surface area contributed by atoms with E-state index in [1.54, 1.807) is 11.8 Å². The zero-order valence-corrected chi connectivity index (χ0v) is 13.0. The molecule has 0 bridgehead atoms. The molecule has 1 heterocycles. The lowest BCUT2D eigenvalue weighted by molar-refractivity contribution is -0.113. The van der Waals surface area contributed by atoms with Crippen molar-refractivity contribution in [3.8, 4) is 0 Å². The highest BCUT2D eigenvalue weighted by molar-refractivity contribution is 7.99. The lowest BCUT2D eigenvalue weighted by atomic mass is 10.0. The van der Waals surface area contributed by atoms with Gasteiger partial charge in [-0.15, -0.1) is 0 Å². The van der Waals surface area contributed by atoms with Crippen LogP contribution in [0.15, 0.2) is 24.3 Å². The number of aryl methyl sites for hydroxylation is 1. The summed E-state index contributed by atoms with van der Waals surface area (Å²) < 4.78 is 0. The van der Waals surface area contributed by atoms with E-state index in [1.165, 1.54) is 18.4 Å². The fraction of sp³-hybridized carbons (Fsp3) is 0.562. The maximum absolute atomic E-state index is 12.0. The Morgan fingerprint density at radius 2 is 2.30 bits per heavy atom. The normalized spacial score (nSPS) is 18.8. The van der Waals surface area contributed by atoms with Crippen LogP contribution in [-0.4, -0.2) is 30.5 Å². The summed E-state index contributed by atoms with van der Waals surface area (Å²) in [7, 11) is 0.